The van der Waals surface area contributed by atoms with Crippen LogP contribution in [0.1, 0.15) is 12.2 Å². The van der Waals surface area contributed by atoms with Crippen LogP contribution in [0, 0.1) is 6.92 Å². The fourth-order valence-corrected chi connectivity index (χ4v) is 1.21. The van der Waals surface area contributed by atoms with Crippen LogP contribution in [-0.4, -0.2) is 31.1 Å². The maximum atomic E-state index is 10.0. The van der Waals surface area contributed by atoms with Gasteiger partial charge in [0.15, 0.2) is 11.5 Å². The van der Waals surface area contributed by atoms with E-state index in [2.05, 4.69) is 21.0 Å². The van der Waals surface area contributed by atoms with Gasteiger partial charge in [-0.3, -0.25) is 5.43 Å². The summed E-state index contributed by atoms with van der Waals surface area (Å²) in [4.78, 5) is 1.35. The van der Waals surface area contributed by atoms with Gasteiger partial charge < -0.3 is 5.11 Å². The van der Waals surface area contributed by atoms with Crippen molar-refractivity contribution in [2.45, 2.75) is 19.1 Å². The predicted octanol–water partition coefficient (Wildman–Crippen LogP) is -0.270. The topological polar surface area (TPSA) is 75.9 Å². The zero-order chi connectivity index (χ0) is 10.0. The number of rotatable bonds is 2. The third-order valence-corrected chi connectivity index (χ3v) is 1.97. The van der Waals surface area contributed by atoms with Gasteiger partial charge >= 0.3 is 0 Å². The highest BCUT2D eigenvalue weighted by atomic mass is 16.3. The molecular formula is C8H11N5O. The number of tetrazole rings is 1. The average Bonchev–Trinajstić information content (AvgIpc) is 2.52. The van der Waals surface area contributed by atoms with Crippen molar-refractivity contribution in [1.29, 1.82) is 0 Å². The van der Waals surface area contributed by atoms with Crippen molar-refractivity contribution < 1.29 is 5.11 Å². The highest BCUT2D eigenvalue weighted by Crippen LogP contribution is 2.14. The molecule has 2 N–H and O–H groups in total. The second-order valence-corrected chi connectivity index (χ2v) is 3.17. The number of aromatic nitrogens is 4. The second kappa shape index (κ2) is 3.22. The minimum absolute atomic E-state index is 0.489. The lowest BCUT2D eigenvalue weighted by atomic mass is 10.1. The van der Waals surface area contributed by atoms with Crippen molar-refractivity contribution in [3.05, 3.63) is 30.1 Å². The van der Waals surface area contributed by atoms with Gasteiger partial charge in [0, 0.05) is 6.42 Å². The van der Waals surface area contributed by atoms with E-state index in [4.69, 9.17) is 0 Å². The average molecular weight is 193 g/mol. The first-order chi connectivity index (χ1) is 6.70. The molecule has 1 atom stereocenters. The van der Waals surface area contributed by atoms with Crippen molar-refractivity contribution >= 4 is 0 Å². The molecule has 1 aliphatic rings. The van der Waals surface area contributed by atoms with E-state index in [0.29, 0.717) is 12.2 Å². The fourth-order valence-electron chi connectivity index (χ4n) is 1.21. The highest BCUT2D eigenvalue weighted by Gasteiger charge is 2.24. The molecule has 0 aliphatic heterocycles. The van der Waals surface area contributed by atoms with Gasteiger partial charge in [-0.2, -0.15) is 0 Å². The maximum Gasteiger partial charge on any atom is 0.173 e. The Labute approximate surface area is 80.9 Å². The lowest BCUT2D eigenvalue weighted by Crippen LogP contribution is -2.42. The van der Waals surface area contributed by atoms with Crippen molar-refractivity contribution in [3.8, 4) is 0 Å². The van der Waals surface area contributed by atoms with Crippen LogP contribution in [0.4, 0.5) is 0 Å². The maximum absolute atomic E-state index is 10.0. The summed E-state index contributed by atoms with van der Waals surface area (Å²) >= 11 is 0. The molecule has 0 bridgehead atoms. The molecule has 0 saturated heterocycles. The number of allylic oxidation sites excluding steroid dienone is 2. The normalized spacial score (nSPS) is 25.3. The monoisotopic (exact) mass is 193 g/mol. The van der Waals surface area contributed by atoms with Crippen LogP contribution in [0.15, 0.2) is 24.3 Å². The molecule has 1 heterocycles. The molecule has 0 radical (unpaired) electrons. The summed E-state index contributed by atoms with van der Waals surface area (Å²) in [5.74, 6) is 0.598. The van der Waals surface area contributed by atoms with Crippen LogP contribution in [0.25, 0.3) is 0 Å². The smallest absolute Gasteiger partial charge is 0.173 e. The van der Waals surface area contributed by atoms with Crippen LogP contribution in [-0.2, 0) is 0 Å². The van der Waals surface area contributed by atoms with E-state index < -0.39 is 5.72 Å². The zero-order valence-electron chi connectivity index (χ0n) is 7.75. The Balaban J connectivity index is 2.15. The SMILES string of the molecule is Cc1nnnn1N[C@]1(O)C=CC=CC1. The largest absolute Gasteiger partial charge is 0.366 e. The van der Waals surface area contributed by atoms with Gasteiger partial charge in [0.1, 0.15) is 0 Å². The van der Waals surface area contributed by atoms with Crippen molar-refractivity contribution in [2.24, 2.45) is 0 Å². The molecule has 0 aromatic carbocycles. The summed E-state index contributed by atoms with van der Waals surface area (Å²) in [5.41, 5.74) is 1.70. The molecule has 6 heteroatoms. The molecule has 14 heavy (non-hydrogen) atoms. The third-order valence-electron chi connectivity index (χ3n) is 1.97. The Bertz CT molecular complexity index is 383. The molecule has 0 amide bonds. The first kappa shape index (κ1) is 8.89. The third kappa shape index (κ3) is 1.64. The number of hydrogen-bond acceptors (Lipinski definition) is 5. The summed E-state index contributed by atoms with van der Waals surface area (Å²) in [6, 6.07) is 0. The molecule has 0 saturated carbocycles. The highest BCUT2D eigenvalue weighted by molar-refractivity contribution is 5.20. The van der Waals surface area contributed by atoms with Gasteiger partial charge in [-0.15, -0.1) is 9.89 Å². The Morgan fingerprint density at radius 3 is 3.00 bits per heavy atom. The number of aryl methyl sites for hydroxylation is 1. The van der Waals surface area contributed by atoms with Gasteiger partial charge in [-0.1, -0.05) is 18.2 Å². The molecule has 0 fully saturated rings. The van der Waals surface area contributed by atoms with Crippen LogP contribution in [0.3, 0.4) is 0 Å². The van der Waals surface area contributed by atoms with Crippen molar-refractivity contribution in [3.63, 3.8) is 0 Å². The summed E-state index contributed by atoms with van der Waals surface area (Å²) in [5, 5.41) is 20.8. The molecule has 1 aromatic heterocycles. The Hall–Kier alpha value is -1.69. The number of aliphatic hydroxyl groups is 1. The van der Waals surface area contributed by atoms with E-state index in [9.17, 15) is 5.11 Å². The molecule has 0 unspecified atom stereocenters. The van der Waals surface area contributed by atoms with Crippen LogP contribution in [0.2, 0.25) is 0 Å². The van der Waals surface area contributed by atoms with Gasteiger partial charge in [0.2, 0.25) is 0 Å². The minimum Gasteiger partial charge on any atom is -0.366 e. The summed E-state index contributed by atoms with van der Waals surface area (Å²) < 4.78 is 0. The number of nitrogens with zero attached hydrogens (tertiary/aromatic N) is 4. The predicted molar refractivity (Wildman–Crippen MR) is 49.8 cm³/mol. The number of hydrogen-bond donors (Lipinski definition) is 2. The fraction of sp³-hybridized carbons (Fsp3) is 0.375. The molecule has 6 nitrogen and oxygen atoms in total. The van der Waals surface area contributed by atoms with E-state index in [-0.39, 0.29) is 0 Å². The standard InChI is InChI=1S/C8H11N5O/c1-7-9-11-12-13(7)10-8(14)5-3-2-4-6-8/h2-5,10,14H,6H2,1H3/t8-/m0/s1. The summed E-state index contributed by atoms with van der Waals surface area (Å²) in [6.45, 7) is 1.75. The first-order valence-electron chi connectivity index (χ1n) is 4.29. The van der Waals surface area contributed by atoms with Crippen LogP contribution >= 0.6 is 0 Å². The number of nitrogens with one attached hydrogen (secondary N) is 1. The van der Waals surface area contributed by atoms with E-state index >= 15 is 0 Å². The Morgan fingerprint density at radius 2 is 2.43 bits per heavy atom. The molecule has 1 aliphatic carbocycles. The molecule has 0 spiro atoms. The quantitative estimate of drug-likeness (QED) is 0.632. The lowest BCUT2D eigenvalue weighted by molar-refractivity contribution is 0.105. The van der Waals surface area contributed by atoms with Crippen LogP contribution < -0.4 is 5.43 Å². The summed E-state index contributed by atoms with van der Waals surface area (Å²) in [6.07, 6.45) is 7.67. The second-order valence-electron chi connectivity index (χ2n) is 3.17. The molecule has 2 rings (SSSR count). The molecule has 1 aromatic rings. The lowest BCUT2D eigenvalue weighted by Gasteiger charge is -2.26. The van der Waals surface area contributed by atoms with E-state index in [1.807, 2.05) is 12.2 Å². The van der Waals surface area contributed by atoms with Gasteiger partial charge in [-0.05, 0) is 23.4 Å². The molecular weight excluding hydrogens is 182 g/mol. The van der Waals surface area contributed by atoms with Crippen LogP contribution in [0.5, 0.6) is 0 Å². The minimum atomic E-state index is -1.10. The summed E-state index contributed by atoms with van der Waals surface area (Å²) in [7, 11) is 0. The first-order valence-corrected chi connectivity index (χ1v) is 4.29. The Kier molecular flexibility index (Phi) is 2.05. The van der Waals surface area contributed by atoms with E-state index in [0.717, 1.165) is 0 Å². The Morgan fingerprint density at radius 1 is 1.57 bits per heavy atom. The van der Waals surface area contributed by atoms with Gasteiger partial charge in [0.25, 0.3) is 0 Å². The zero-order valence-corrected chi connectivity index (χ0v) is 7.75. The molecule has 74 valence electrons. The van der Waals surface area contributed by atoms with Gasteiger partial charge in [0.05, 0.1) is 0 Å². The van der Waals surface area contributed by atoms with Gasteiger partial charge in [-0.25, -0.2) is 0 Å². The van der Waals surface area contributed by atoms with E-state index in [1.165, 1.54) is 4.79 Å². The van der Waals surface area contributed by atoms with Crippen molar-refractivity contribution in [2.75, 3.05) is 5.43 Å². The van der Waals surface area contributed by atoms with E-state index in [1.54, 1.807) is 19.1 Å². The van der Waals surface area contributed by atoms with Crippen molar-refractivity contribution in [1.82, 2.24) is 20.3 Å².